The summed E-state index contributed by atoms with van der Waals surface area (Å²) in [5.41, 5.74) is 0.338. The van der Waals surface area contributed by atoms with E-state index in [0.717, 1.165) is 11.8 Å². The summed E-state index contributed by atoms with van der Waals surface area (Å²) in [6.45, 7) is 6.02. The average molecular weight is 313 g/mol. The number of aryl methyl sites for hydroxylation is 2. The molecule has 2 aromatic heterocycles. The van der Waals surface area contributed by atoms with Gasteiger partial charge in [-0.25, -0.2) is 9.97 Å². The molecule has 2 rings (SSSR count). The van der Waals surface area contributed by atoms with Gasteiger partial charge < -0.3 is 5.32 Å². The number of aromatic nitrogens is 4. The lowest BCUT2D eigenvalue weighted by Gasteiger charge is -2.10. The molecule has 0 amide bonds. The largest absolute Gasteiger partial charge is 0.435 e. The number of halogens is 3. The van der Waals surface area contributed by atoms with Crippen molar-refractivity contribution in [3.8, 4) is 0 Å². The van der Waals surface area contributed by atoms with Gasteiger partial charge >= 0.3 is 6.18 Å². The minimum atomic E-state index is -4.44. The zero-order valence-corrected chi connectivity index (χ0v) is 12.9. The van der Waals surface area contributed by atoms with Crippen LogP contribution in [0.25, 0.3) is 0 Å². The summed E-state index contributed by atoms with van der Waals surface area (Å²) in [5, 5.41) is 6.50. The molecule has 0 spiro atoms. The van der Waals surface area contributed by atoms with Crippen LogP contribution < -0.4 is 5.32 Å². The monoisotopic (exact) mass is 313 g/mol. The molecule has 8 heteroatoms. The predicted molar refractivity (Wildman–Crippen MR) is 76.4 cm³/mol. The second-order valence-electron chi connectivity index (χ2n) is 5.40. The van der Waals surface area contributed by atoms with E-state index in [4.69, 9.17) is 0 Å². The molecule has 2 aromatic rings. The molecule has 0 aliphatic heterocycles. The predicted octanol–water partition coefficient (Wildman–Crippen LogP) is 3.27. The molecule has 1 N–H and O–H groups in total. The first-order chi connectivity index (χ1) is 10.2. The van der Waals surface area contributed by atoms with Gasteiger partial charge in [0.1, 0.15) is 11.6 Å². The normalized spacial score (nSPS) is 12.0. The Morgan fingerprint density at radius 1 is 1.23 bits per heavy atom. The molecule has 120 valence electrons. The molecule has 0 saturated carbocycles. The number of nitrogens with zero attached hydrogens (tertiary/aromatic N) is 4. The van der Waals surface area contributed by atoms with Crippen molar-refractivity contribution in [2.24, 2.45) is 7.05 Å². The van der Waals surface area contributed by atoms with Crippen LogP contribution in [-0.2, 0) is 19.8 Å². The van der Waals surface area contributed by atoms with E-state index < -0.39 is 11.9 Å². The Morgan fingerprint density at radius 2 is 1.91 bits per heavy atom. The number of hydrogen-bond donors (Lipinski definition) is 1. The van der Waals surface area contributed by atoms with Crippen LogP contribution in [0.3, 0.4) is 0 Å². The lowest BCUT2D eigenvalue weighted by atomic mass is 10.2. The summed E-state index contributed by atoms with van der Waals surface area (Å²) >= 11 is 0. The third-order valence-electron chi connectivity index (χ3n) is 3.11. The summed E-state index contributed by atoms with van der Waals surface area (Å²) in [6, 6.07) is 2.79. The quantitative estimate of drug-likeness (QED) is 0.941. The van der Waals surface area contributed by atoms with E-state index in [-0.39, 0.29) is 12.5 Å². The fourth-order valence-electron chi connectivity index (χ4n) is 1.93. The van der Waals surface area contributed by atoms with Gasteiger partial charge in [-0.15, -0.1) is 0 Å². The number of nitrogens with one attached hydrogen (secondary N) is 1. The van der Waals surface area contributed by atoms with Gasteiger partial charge in [0, 0.05) is 24.7 Å². The number of rotatable bonds is 4. The smallest absolute Gasteiger partial charge is 0.364 e. The van der Waals surface area contributed by atoms with Crippen molar-refractivity contribution in [2.45, 2.75) is 39.4 Å². The van der Waals surface area contributed by atoms with Crippen molar-refractivity contribution in [2.75, 3.05) is 5.32 Å². The third kappa shape index (κ3) is 3.75. The number of alkyl halides is 3. The molecule has 0 radical (unpaired) electrons. The first-order valence-corrected chi connectivity index (χ1v) is 6.86. The van der Waals surface area contributed by atoms with Crippen LogP contribution in [0, 0.1) is 6.92 Å². The average Bonchev–Trinajstić information content (AvgIpc) is 2.77. The van der Waals surface area contributed by atoms with Crippen LogP contribution in [0.4, 0.5) is 19.0 Å². The molecule has 5 nitrogen and oxygen atoms in total. The standard InChI is InChI=1S/C14H18F3N5/c1-8(2)13-19-9(3)5-12(20-13)18-7-10-6-11(14(15,16)17)21-22(10)4/h5-6,8H,7H2,1-4H3,(H,18,19,20). The minimum Gasteiger partial charge on any atom is -0.364 e. The van der Waals surface area contributed by atoms with Crippen LogP contribution in [0.1, 0.15) is 42.7 Å². The Balaban J connectivity index is 2.15. The highest BCUT2D eigenvalue weighted by atomic mass is 19.4. The highest BCUT2D eigenvalue weighted by Crippen LogP contribution is 2.28. The van der Waals surface area contributed by atoms with Crippen molar-refractivity contribution in [3.05, 3.63) is 35.0 Å². The molecule has 0 aliphatic carbocycles. The van der Waals surface area contributed by atoms with Gasteiger partial charge in [0.25, 0.3) is 0 Å². The Labute approximate surface area is 126 Å². The van der Waals surface area contributed by atoms with Crippen molar-refractivity contribution >= 4 is 5.82 Å². The Kier molecular flexibility index (Phi) is 4.39. The molecule has 0 unspecified atom stereocenters. The van der Waals surface area contributed by atoms with Crippen molar-refractivity contribution in [3.63, 3.8) is 0 Å². The molecular formula is C14H18F3N5. The Morgan fingerprint density at radius 3 is 2.45 bits per heavy atom. The molecule has 0 bridgehead atoms. The fraction of sp³-hybridized carbons (Fsp3) is 0.500. The van der Waals surface area contributed by atoms with Gasteiger partial charge in [-0.2, -0.15) is 18.3 Å². The number of anilines is 1. The van der Waals surface area contributed by atoms with Gasteiger partial charge in [-0.3, -0.25) is 4.68 Å². The molecule has 2 heterocycles. The molecular weight excluding hydrogens is 295 g/mol. The van der Waals surface area contributed by atoms with Gasteiger partial charge in [0.2, 0.25) is 0 Å². The summed E-state index contributed by atoms with van der Waals surface area (Å²) in [4.78, 5) is 8.68. The van der Waals surface area contributed by atoms with Crippen molar-refractivity contribution in [1.82, 2.24) is 19.7 Å². The maximum atomic E-state index is 12.6. The van der Waals surface area contributed by atoms with Crippen LogP contribution in [-0.4, -0.2) is 19.7 Å². The van der Waals surface area contributed by atoms with Crippen LogP contribution in [0.15, 0.2) is 12.1 Å². The lowest BCUT2D eigenvalue weighted by molar-refractivity contribution is -0.141. The fourth-order valence-corrected chi connectivity index (χ4v) is 1.93. The highest BCUT2D eigenvalue weighted by Gasteiger charge is 2.34. The third-order valence-corrected chi connectivity index (χ3v) is 3.11. The van der Waals surface area contributed by atoms with E-state index in [1.165, 1.54) is 11.7 Å². The zero-order chi connectivity index (χ0) is 16.5. The van der Waals surface area contributed by atoms with E-state index in [2.05, 4.69) is 20.4 Å². The van der Waals surface area contributed by atoms with Crippen molar-refractivity contribution < 1.29 is 13.2 Å². The molecule has 0 aliphatic rings. The summed E-state index contributed by atoms with van der Waals surface area (Å²) < 4.78 is 39.1. The maximum absolute atomic E-state index is 12.6. The van der Waals surface area contributed by atoms with Gasteiger partial charge in [0.15, 0.2) is 5.69 Å². The summed E-state index contributed by atoms with van der Waals surface area (Å²) in [5.74, 6) is 1.46. The van der Waals surface area contributed by atoms with E-state index in [9.17, 15) is 13.2 Å². The highest BCUT2D eigenvalue weighted by molar-refractivity contribution is 5.37. The Bertz CT molecular complexity index is 661. The maximum Gasteiger partial charge on any atom is 0.435 e. The van der Waals surface area contributed by atoms with E-state index in [0.29, 0.717) is 17.3 Å². The zero-order valence-electron chi connectivity index (χ0n) is 12.9. The SMILES string of the molecule is Cc1cc(NCc2cc(C(F)(F)F)nn2C)nc(C(C)C)n1. The second kappa shape index (κ2) is 5.94. The van der Waals surface area contributed by atoms with Gasteiger partial charge in [0.05, 0.1) is 12.2 Å². The van der Waals surface area contributed by atoms with Crippen LogP contribution in [0.2, 0.25) is 0 Å². The van der Waals surface area contributed by atoms with Crippen LogP contribution in [0.5, 0.6) is 0 Å². The first-order valence-electron chi connectivity index (χ1n) is 6.86. The van der Waals surface area contributed by atoms with Gasteiger partial charge in [-0.05, 0) is 13.0 Å². The molecule has 22 heavy (non-hydrogen) atoms. The minimum absolute atomic E-state index is 0.175. The molecule has 0 fully saturated rings. The molecule has 0 saturated heterocycles. The summed E-state index contributed by atoms with van der Waals surface area (Å²) in [7, 11) is 1.48. The first kappa shape index (κ1) is 16.3. The number of hydrogen-bond acceptors (Lipinski definition) is 4. The van der Waals surface area contributed by atoms with Crippen LogP contribution >= 0.6 is 0 Å². The Hall–Kier alpha value is -2.12. The van der Waals surface area contributed by atoms with E-state index in [1.54, 1.807) is 6.07 Å². The second-order valence-corrected chi connectivity index (χ2v) is 5.40. The molecule has 0 atom stereocenters. The molecule has 0 aromatic carbocycles. The van der Waals surface area contributed by atoms with Gasteiger partial charge in [-0.1, -0.05) is 13.8 Å². The van der Waals surface area contributed by atoms with E-state index in [1.807, 2.05) is 20.8 Å². The lowest BCUT2D eigenvalue weighted by Crippen LogP contribution is -2.09. The van der Waals surface area contributed by atoms with E-state index >= 15 is 0 Å². The topological polar surface area (TPSA) is 55.6 Å². The van der Waals surface area contributed by atoms with Crippen molar-refractivity contribution in [1.29, 1.82) is 0 Å². The summed E-state index contributed by atoms with van der Waals surface area (Å²) in [6.07, 6.45) is -4.44.